The number of fused-ring (bicyclic) bond motifs is 1. The summed E-state index contributed by atoms with van der Waals surface area (Å²) in [7, 11) is -2.56. The molecule has 1 fully saturated rings. The molecule has 0 atom stereocenters. The smallest absolute Gasteiger partial charge is 0.388 e. The number of aromatic nitrogens is 3. The molecule has 26 heavy (non-hydrogen) atoms. The third kappa shape index (κ3) is 2.63. The lowest BCUT2D eigenvalue weighted by Crippen LogP contribution is -2.10. The molecule has 6 nitrogen and oxygen atoms in total. The average Bonchev–Trinajstić information content (AvgIpc) is 3.31. The van der Waals surface area contributed by atoms with Gasteiger partial charge in [0.25, 0.3) is 0 Å². The molecule has 0 saturated heterocycles. The number of ether oxygens (including phenoxy) is 1. The number of halogens is 2. The van der Waals surface area contributed by atoms with E-state index in [1.54, 1.807) is 24.4 Å². The second-order valence-electron chi connectivity index (χ2n) is 6.31. The van der Waals surface area contributed by atoms with Crippen LogP contribution >= 0.6 is 0 Å². The minimum atomic E-state index is -3.00. The topological polar surface area (TPSA) is 84.9 Å². The van der Waals surface area contributed by atoms with Crippen LogP contribution in [-0.2, 0) is 15.5 Å². The summed E-state index contributed by atoms with van der Waals surface area (Å²) >= 11 is 0. The van der Waals surface area contributed by atoms with Gasteiger partial charge in [0.05, 0.1) is 21.3 Å². The summed E-state index contributed by atoms with van der Waals surface area (Å²) in [4.78, 5) is 4.30. The van der Waals surface area contributed by atoms with Crippen LogP contribution < -0.4 is 4.74 Å². The van der Waals surface area contributed by atoms with Crippen molar-refractivity contribution in [3.8, 4) is 17.1 Å². The molecule has 0 amide bonds. The molecule has 1 aliphatic carbocycles. The van der Waals surface area contributed by atoms with Crippen molar-refractivity contribution in [3.63, 3.8) is 0 Å². The lowest BCUT2D eigenvalue weighted by molar-refractivity contribution is -0.0518. The highest BCUT2D eigenvalue weighted by atomic mass is 32.2. The number of nitrogens with one attached hydrogen (secondary N) is 1. The molecule has 136 valence electrons. The molecular formula is C17H15F2N3O3S. The summed E-state index contributed by atoms with van der Waals surface area (Å²) in [5.74, 6) is -0.221. The van der Waals surface area contributed by atoms with Crippen LogP contribution in [0.2, 0.25) is 0 Å². The standard InChI is InChI=1S/C17H15F2N3O3S/c1-9-8-10(2-3-11(9)17(5-6-17)26(23)24)14-13-12(4-7-20-14)21-22-15(13)25-16(18)19/h2-4,7-8,16,26H,5-6H2,1H3,(H,21,22). The zero-order valence-corrected chi connectivity index (χ0v) is 14.6. The van der Waals surface area contributed by atoms with Gasteiger partial charge in [-0.15, -0.1) is 5.10 Å². The van der Waals surface area contributed by atoms with Crippen molar-refractivity contribution >= 4 is 21.6 Å². The number of rotatable bonds is 5. The Morgan fingerprint density at radius 2 is 2.04 bits per heavy atom. The summed E-state index contributed by atoms with van der Waals surface area (Å²) in [5.41, 5.74) is 3.24. The molecule has 0 unspecified atom stereocenters. The van der Waals surface area contributed by atoms with Gasteiger partial charge in [-0.05, 0) is 43.0 Å². The van der Waals surface area contributed by atoms with E-state index in [2.05, 4.69) is 19.9 Å². The van der Waals surface area contributed by atoms with E-state index in [0.717, 1.165) is 11.1 Å². The van der Waals surface area contributed by atoms with Gasteiger partial charge in [0, 0.05) is 11.8 Å². The molecule has 9 heteroatoms. The van der Waals surface area contributed by atoms with E-state index in [-0.39, 0.29) is 5.88 Å². The monoisotopic (exact) mass is 379 g/mol. The number of nitrogens with zero attached hydrogens (tertiary/aromatic N) is 2. The van der Waals surface area contributed by atoms with Crippen LogP contribution in [0.25, 0.3) is 22.2 Å². The molecule has 1 N–H and O–H groups in total. The molecule has 1 aliphatic rings. The van der Waals surface area contributed by atoms with Crippen LogP contribution in [-0.4, -0.2) is 30.2 Å². The summed E-state index contributed by atoms with van der Waals surface area (Å²) < 4.78 is 52.2. The van der Waals surface area contributed by atoms with Crippen LogP contribution in [0.15, 0.2) is 30.5 Å². The highest BCUT2D eigenvalue weighted by Gasteiger charge is 2.49. The molecule has 0 bridgehead atoms. The van der Waals surface area contributed by atoms with Crippen LogP contribution in [0.5, 0.6) is 5.88 Å². The largest absolute Gasteiger partial charge is 0.415 e. The molecule has 0 aliphatic heterocycles. The van der Waals surface area contributed by atoms with Gasteiger partial charge in [-0.2, -0.15) is 8.78 Å². The Balaban J connectivity index is 1.84. The number of aromatic amines is 1. The molecule has 3 aromatic rings. The fourth-order valence-corrected chi connectivity index (χ4v) is 4.25. The number of benzene rings is 1. The Labute approximate surface area is 149 Å². The predicted octanol–water partition coefficient (Wildman–Crippen LogP) is 3.14. The zero-order valence-electron chi connectivity index (χ0n) is 13.7. The Hall–Kier alpha value is -2.55. The number of pyridine rings is 1. The van der Waals surface area contributed by atoms with E-state index in [1.165, 1.54) is 0 Å². The Morgan fingerprint density at radius 1 is 1.27 bits per heavy atom. The first-order valence-corrected chi connectivity index (χ1v) is 9.14. The maximum Gasteiger partial charge on any atom is 0.388 e. The Bertz CT molecular complexity index is 1070. The van der Waals surface area contributed by atoms with Gasteiger partial charge in [-0.1, -0.05) is 12.1 Å². The van der Waals surface area contributed by atoms with Gasteiger partial charge >= 0.3 is 6.61 Å². The summed E-state index contributed by atoms with van der Waals surface area (Å²) in [5, 5.41) is 6.79. The molecule has 0 spiro atoms. The number of hydrogen-bond donors (Lipinski definition) is 2. The number of thiol groups is 1. The number of aryl methyl sites for hydroxylation is 1. The lowest BCUT2D eigenvalue weighted by atomic mass is 9.98. The van der Waals surface area contributed by atoms with Gasteiger partial charge in [-0.25, -0.2) is 8.42 Å². The van der Waals surface area contributed by atoms with Crippen LogP contribution in [0.4, 0.5) is 8.78 Å². The third-order valence-electron chi connectivity index (χ3n) is 4.72. The van der Waals surface area contributed by atoms with E-state index in [4.69, 9.17) is 0 Å². The van der Waals surface area contributed by atoms with E-state index >= 15 is 0 Å². The van der Waals surface area contributed by atoms with Crippen molar-refractivity contribution < 1.29 is 21.9 Å². The van der Waals surface area contributed by atoms with Gasteiger partial charge in [0.2, 0.25) is 5.88 Å². The van der Waals surface area contributed by atoms with Crippen molar-refractivity contribution in [1.82, 2.24) is 15.2 Å². The highest BCUT2D eigenvalue weighted by Crippen LogP contribution is 2.50. The molecule has 2 heterocycles. The molecule has 4 rings (SSSR count). The molecular weight excluding hydrogens is 364 g/mol. The average molecular weight is 379 g/mol. The maximum atomic E-state index is 12.6. The normalized spacial score (nSPS) is 15.7. The van der Waals surface area contributed by atoms with Crippen LogP contribution in [0, 0.1) is 6.92 Å². The molecule has 1 saturated carbocycles. The number of hydrogen-bond acceptors (Lipinski definition) is 5. The minimum absolute atomic E-state index is 0.221. The van der Waals surface area contributed by atoms with Gasteiger partial charge in [0.1, 0.15) is 10.7 Å². The first-order valence-electron chi connectivity index (χ1n) is 7.96. The van der Waals surface area contributed by atoms with E-state index < -0.39 is 22.1 Å². The lowest BCUT2D eigenvalue weighted by Gasteiger charge is -2.13. The number of H-pyrrole nitrogens is 1. The maximum absolute atomic E-state index is 12.6. The quantitative estimate of drug-likeness (QED) is 0.666. The van der Waals surface area contributed by atoms with Gasteiger partial charge < -0.3 is 4.74 Å². The predicted molar refractivity (Wildman–Crippen MR) is 91.9 cm³/mol. The summed E-state index contributed by atoms with van der Waals surface area (Å²) in [6.07, 6.45) is 2.78. The molecule has 0 radical (unpaired) electrons. The van der Waals surface area contributed by atoms with Crippen molar-refractivity contribution in [2.75, 3.05) is 0 Å². The molecule has 1 aromatic carbocycles. The minimum Gasteiger partial charge on any atom is -0.415 e. The SMILES string of the molecule is Cc1cc(-c2nccc3[nH]nc(OC(F)F)c23)ccc1C1([SH](=O)=O)CC1. The summed E-state index contributed by atoms with van der Waals surface area (Å²) in [6, 6.07) is 6.96. The molecule has 2 aromatic heterocycles. The van der Waals surface area contributed by atoms with Gasteiger partial charge in [-0.3, -0.25) is 10.1 Å². The zero-order chi connectivity index (χ0) is 18.5. The first kappa shape index (κ1) is 16.9. The first-order chi connectivity index (χ1) is 12.4. The number of alkyl halides is 2. The van der Waals surface area contributed by atoms with E-state index in [0.29, 0.717) is 35.0 Å². The van der Waals surface area contributed by atoms with Crippen molar-refractivity contribution in [2.45, 2.75) is 31.1 Å². The summed E-state index contributed by atoms with van der Waals surface area (Å²) in [6.45, 7) is -1.16. The van der Waals surface area contributed by atoms with Crippen LogP contribution in [0.1, 0.15) is 24.0 Å². The van der Waals surface area contributed by atoms with Crippen molar-refractivity contribution in [1.29, 1.82) is 0 Å². The second-order valence-corrected chi connectivity index (χ2v) is 7.68. The fraction of sp³-hybridized carbons (Fsp3) is 0.294. The fourth-order valence-electron chi connectivity index (χ4n) is 3.33. The van der Waals surface area contributed by atoms with Crippen molar-refractivity contribution in [2.24, 2.45) is 0 Å². The van der Waals surface area contributed by atoms with Crippen LogP contribution in [0.3, 0.4) is 0 Å². The second kappa shape index (κ2) is 6.01. The van der Waals surface area contributed by atoms with E-state index in [9.17, 15) is 17.2 Å². The van der Waals surface area contributed by atoms with Crippen molar-refractivity contribution in [3.05, 3.63) is 41.6 Å². The Kier molecular flexibility index (Phi) is 3.91. The Morgan fingerprint density at radius 3 is 2.65 bits per heavy atom. The van der Waals surface area contributed by atoms with Gasteiger partial charge in [0.15, 0.2) is 0 Å². The highest BCUT2D eigenvalue weighted by molar-refractivity contribution is 7.74. The third-order valence-corrected chi connectivity index (χ3v) is 6.10. The van der Waals surface area contributed by atoms with E-state index in [1.807, 2.05) is 13.0 Å².